The molecule has 23 heavy (non-hydrogen) atoms. The van der Waals surface area contributed by atoms with Crippen molar-refractivity contribution in [2.24, 2.45) is 10.9 Å². The van der Waals surface area contributed by atoms with Crippen molar-refractivity contribution in [3.63, 3.8) is 0 Å². The lowest BCUT2D eigenvalue weighted by atomic mass is 10.0. The maximum Gasteiger partial charge on any atom is 0.191 e. The SMILES string of the molecule is CCNC(=NCC1(O)CCSC1)NCC(C)Cc1cccs1.I. The molecule has 132 valence electrons. The molecule has 0 saturated carbocycles. The summed E-state index contributed by atoms with van der Waals surface area (Å²) in [6, 6.07) is 4.29. The van der Waals surface area contributed by atoms with Gasteiger partial charge in [0.1, 0.15) is 0 Å². The zero-order chi connectivity index (χ0) is 15.8. The molecule has 0 spiro atoms. The lowest BCUT2D eigenvalue weighted by Gasteiger charge is -2.20. The molecular formula is C16H28IN3OS2. The molecule has 0 amide bonds. The van der Waals surface area contributed by atoms with Crippen LogP contribution in [0.4, 0.5) is 0 Å². The number of guanidine groups is 1. The average molecular weight is 469 g/mol. The van der Waals surface area contributed by atoms with Crippen LogP contribution in [0.5, 0.6) is 0 Å². The Kier molecular flexibility index (Phi) is 9.87. The molecule has 1 aromatic heterocycles. The van der Waals surface area contributed by atoms with Crippen LogP contribution in [0, 0.1) is 5.92 Å². The second-order valence-corrected chi connectivity index (χ2v) is 8.13. The maximum atomic E-state index is 10.4. The third kappa shape index (κ3) is 7.62. The van der Waals surface area contributed by atoms with Crippen LogP contribution in [-0.4, -0.2) is 47.8 Å². The van der Waals surface area contributed by atoms with Crippen molar-refractivity contribution in [1.82, 2.24) is 10.6 Å². The predicted molar refractivity (Wildman–Crippen MR) is 113 cm³/mol. The first-order valence-electron chi connectivity index (χ1n) is 7.96. The molecule has 0 radical (unpaired) electrons. The van der Waals surface area contributed by atoms with Gasteiger partial charge in [0.25, 0.3) is 0 Å². The molecular weight excluding hydrogens is 441 g/mol. The van der Waals surface area contributed by atoms with Crippen LogP contribution in [0.25, 0.3) is 0 Å². The van der Waals surface area contributed by atoms with Crippen LogP contribution in [-0.2, 0) is 6.42 Å². The van der Waals surface area contributed by atoms with Gasteiger partial charge in [-0.15, -0.1) is 35.3 Å². The third-order valence-electron chi connectivity index (χ3n) is 3.71. The van der Waals surface area contributed by atoms with Crippen LogP contribution in [0.2, 0.25) is 0 Å². The van der Waals surface area contributed by atoms with E-state index in [1.807, 2.05) is 23.1 Å². The third-order valence-corrected chi connectivity index (χ3v) is 5.84. The average Bonchev–Trinajstić information content (AvgIpc) is 3.14. The Labute approximate surface area is 165 Å². The van der Waals surface area contributed by atoms with Crippen LogP contribution in [0.3, 0.4) is 0 Å². The van der Waals surface area contributed by atoms with E-state index in [2.05, 4.69) is 47.0 Å². The minimum atomic E-state index is -0.615. The Bertz CT molecular complexity index is 462. The minimum absolute atomic E-state index is 0. The number of nitrogens with one attached hydrogen (secondary N) is 2. The van der Waals surface area contributed by atoms with Gasteiger partial charge in [-0.05, 0) is 42.9 Å². The fraction of sp³-hybridized carbons (Fsp3) is 0.688. The van der Waals surface area contributed by atoms with Gasteiger partial charge >= 0.3 is 0 Å². The van der Waals surface area contributed by atoms with E-state index in [-0.39, 0.29) is 24.0 Å². The summed E-state index contributed by atoms with van der Waals surface area (Å²) in [4.78, 5) is 5.99. The van der Waals surface area contributed by atoms with Gasteiger partial charge in [-0.1, -0.05) is 13.0 Å². The van der Waals surface area contributed by atoms with E-state index >= 15 is 0 Å². The monoisotopic (exact) mass is 469 g/mol. The summed E-state index contributed by atoms with van der Waals surface area (Å²) >= 11 is 3.62. The van der Waals surface area contributed by atoms with Crippen molar-refractivity contribution in [3.05, 3.63) is 22.4 Å². The van der Waals surface area contributed by atoms with Crippen molar-refractivity contribution in [2.75, 3.05) is 31.1 Å². The smallest absolute Gasteiger partial charge is 0.191 e. The van der Waals surface area contributed by atoms with E-state index in [1.165, 1.54) is 4.88 Å². The number of aliphatic hydroxyl groups is 1. The largest absolute Gasteiger partial charge is 0.387 e. The zero-order valence-electron chi connectivity index (χ0n) is 13.9. The molecule has 2 rings (SSSR count). The topological polar surface area (TPSA) is 56.7 Å². The van der Waals surface area contributed by atoms with Crippen molar-refractivity contribution in [3.8, 4) is 0 Å². The molecule has 2 unspecified atom stereocenters. The zero-order valence-corrected chi connectivity index (χ0v) is 17.8. The summed E-state index contributed by atoms with van der Waals surface area (Å²) in [5.41, 5.74) is -0.615. The van der Waals surface area contributed by atoms with Crippen LogP contribution < -0.4 is 10.6 Å². The maximum absolute atomic E-state index is 10.4. The van der Waals surface area contributed by atoms with E-state index in [0.29, 0.717) is 12.5 Å². The molecule has 0 aliphatic carbocycles. The highest BCUT2D eigenvalue weighted by Crippen LogP contribution is 2.27. The molecule has 2 heterocycles. The number of rotatable bonds is 7. The van der Waals surface area contributed by atoms with Gasteiger partial charge in [-0.2, -0.15) is 11.8 Å². The van der Waals surface area contributed by atoms with Gasteiger partial charge in [0.05, 0.1) is 12.1 Å². The second-order valence-electron chi connectivity index (χ2n) is 5.99. The Hall–Kier alpha value is 0.01000. The first kappa shape index (κ1) is 21.1. The first-order valence-corrected chi connectivity index (χ1v) is 9.99. The van der Waals surface area contributed by atoms with Crippen molar-refractivity contribution in [1.29, 1.82) is 0 Å². The van der Waals surface area contributed by atoms with Gasteiger partial charge in [-0.3, -0.25) is 4.99 Å². The standard InChI is InChI=1S/C16H27N3OS2.HI/c1-3-17-15(19-11-16(20)6-8-21-12-16)18-10-13(2)9-14-5-4-7-22-14;/h4-5,7,13,20H,3,6,8-12H2,1-2H3,(H2,17,18,19);1H. The molecule has 0 bridgehead atoms. The van der Waals surface area contributed by atoms with E-state index in [4.69, 9.17) is 0 Å². The number of nitrogens with zero attached hydrogens (tertiary/aromatic N) is 1. The van der Waals surface area contributed by atoms with Gasteiger partial charge < -0.3 is 15.7 Å². The van der Waals surface area contributed by atoms with Gasteiger partial charge in [0, 0.05) is 23.7 Å². The highest BCUT2D eigenvalue weighted by molar-refractivity contribution is 14.0. The number of aliphatic imine (C=N–C) groups is 1. The molecule has 0 aromatic carbocycles. The lowest BCUT2D eigenvalue weighted by Crippen LogP contribution is -2.41. The molecule has 1 aliphatic rings. The van der Waals surface area contributed by atoms with Crippen LogP contribution >= 0.6 is 47.1 Å². The number of halogens is 1. The fourth-order valence-corrected chi connectivity index (χ4v) is 4.56. The number of hydrogen-bond donors (Lipinski definition) is 3. The first-order chi connectivity index (χ1) is 10.6. The molecule has 1 fully saturated rings. The molecule has 4 nitrogen and oxygen atoms in total. The Morgan fingerprint density at radius 1 is 1.48 bits per heavy atom. The van der Waals surface area contributed by atoms with Crippen molar-refractivity contribution < 1.29 is 5.11 Å². The van der Waals surface area contributed by atoms with Crippen molar-refractivity contribution >= 4 is 53.0 Å². The highest BCUT2D eigenvalue weighted by Gasteiger charge is 2.31. The van der Waals surface area contributed by atoms with Gasteiger partial charge in [0.15, 0.2) is 5.96 Å². The van der Waals surface area contributed by atoms with Gasteiger partial charge in [0.2, 0.25) is 0 Å². The normalized spacial score (nSPS) is 22.5. The van der Waals surface area contributed by atoms with E-state index in [0.717, 1.165) is 43.4 Å². The quantitative estimate of drug-likeness (QED) is 0.327. The lowest BCUT2D eigenvalue weighted by molar-refractivity contribution is 0.0778. The van der Waals surface area contributed by atoms with Crippen molar-refractivity contribution in [2.45, 2.75) is 32.3 Å². The van der Waals surface area contributed by atoms with E-state index < -0.39 is 5.60 Å². The summed E-state index contributed by atoms with van der Waals surface area (Å²) in [6.07, 6.45) is 1.93. The summed E-state index contributed by atoms with van der Waals surface area (Å²) in [5.74, 6) is 3.19. The van der Waals surface area contributed by atoms with Crippen LogP contribution in [0.1, 0.15) is 25.1 Å². The van der Waals surface area contributed by atoms with Crippen LogP contribution in [0.15, 0.2) is 22.5 Å². The molecule has 3 N–H and O–H groups in total. The number of thiophene rings is 1. The Morgan fingerprint density at radius 2 is 2.30 bits per heavy atom. The van der Waals surface area contributed by atoms with Gasteiger partial charge in [-0.25, -0.2) is 0 Å². The number of hydrogen-bond acceptors (Lipinski definition) is 4. The molecule has 7 heteroatoms. The molecule has 1 saturated heterocycles. The summed E-state index contributed by atoms with van der Waals surface area (Å²) < 4.78 is 0. The van der Waals surface area contributed by atoms with E-state index in [9.17, 15) is 5.11 Å². The van der Waals surface area contributed by atoms with E-state index in [1.54, 1.807) is 0 Å². The fourth-order valence-electron chi connectivity index (χ4n) is 2.40. The Balaban J connectivity index is 0.00000264. The summed E-state index contributed by atoms with van der Waals surface area (Å²) in [5, 5.41) is 19.2. The predicted octanol–water partition coefficient (Wildman–Crippen LogP) is 2.97. The summed E-state index contributed by atoms with van der Waals surface area (Å²) in [7, 11) is 0. The second kappa shape index (κ2) is 10.8. The number of thioether (sulfide) groups is 1. The molecule has 1 aromatic rings. The highest BCUT2D eigenvalue weighted by atomic mass is 127. The Morgan fingerprint density at radius 3 is 2.91 bits per heavy atom. The minimum Gasteiger partial charge on any atom is -0.387 e. The molecule has 1 aliphatic heterocycles. The summed E-state index contributed by atoms with van der Waals surface area (Å²) in [6.45, 7) is 6.51. The molecule has 2 atom stereocenters.